The SMILES string of the molecule is CCC(CC)C(NC(C)=O)C1C(N=C(N)N)CC(C(=O)OC(Cc2ccccc2)OC(=O)C(N)C(C)C)C1O. The third-order valence-corrected chi connectivity index (χ3v) is 7.44. The third-order valence-electron chi connectivity index (χ3n) is 7.44. The average molecular weight is 548 g/mol. The van der Waals surface area contributed by atoms with Gasteiger partial charge in [-0.1, -0.05) is 70.9 Å². The number of benzene rings is 1. The first-order chi connectivity index (χ1) is 18.4. The minimum absolute atomic E-state index is 0.0179. The van der Waals surface area contributed by atoms with Crippen molar-refractivity contribution in [3.63, 3.8) is 0 Å². The van der Waals surface area contributed by atoms with Gasteiger partial charge in [0.25, 0.3) is 6.29 Å². The fraction of sp³-hybridized carbons (Fsp3) is 0.643. The molecule has 0 bridgehead atoms. The predicted octanol–water partition coefficient (Wildman–Crippen LogP) is 1.20. The molecule has 0 radical (unpaired) electrons. The Morgan fingerprint density at radius 2 is 1.72 bits per heavy atom. The summed E-state index contributed by atoms with van der Waals surface area (Å²) in [6.07, 6.45) is -0.797. The first-order valence-corrected chi connectivity index (χ1v) is 13.6. The number of nitrogens with zero attached hydrogens (tertiary/aromatic N) is 1. The van der Waals surface area contributed by atoms with Crippen molar-refractivity contribution in [3.05, 3.63) is 35.9 Å². The van der Waals surface area contributed by atoms with Gasteiger partial charge in [0, 0.05) is 25.3 Å². The Labute approximate surface area is 230 Å². The third kappa shape index (κ3) is 8.93. The Morgan fingerprint density at radius 1 is 1.10 bits per heavy atom. The smallest absolute Gasteiger partial charge is 0.326 e. The highest BCUT2D eigenvalue weighted by Gasteiger charge is 2.51. The van der Waals surface area contributed by atoms with Crippen LogP contribution in [0.2, 0.25) is 0 Å². The summed E-state index contributed by atoms with van der Waals surface area (Å²) in [5.74, 6) is -3.70. The molecule has 1 aliphatic rings. The maximum atomic E-state index is 13.5. The van der Waals surface area contributed by atoms with Gasteiger partial charge in [-0.05, 0) is 23.8 Å². The zero-order valence-electron chi connectivity index (χ0n) is 23.6. The minimum Gasteiger partial charge on any atom is -0.424 e. The Hall–Kier alpha value is -3.18. The van der Waals surface area contributed by atoms with E-state index < -0.39 is 54.3 Å². The lowest BCUT2D eigenvalue weighted by Gasteiger charge is -2.35. The maximum Gasteiger partial charge on any atom is 0.326 e. The molecular weight excluding hydrogens is 502 g/mol. The number of rotatable bonds is 13. The molecule has 0 spiro atoms. The Kier molecular flexibility index (Phi) is 12.2. The molecule has 0 heterocycles. The summed E-state index contributed by atoms with van der Waals surface area (Å²) < 4.78 is 11.2. The fourth-order valence-corrected chi connectivity index (χ4v) is 5.24. The summed E-state index contributed by atoms with van der Waals surface area (Å²) in [6, 6.07) is 7.12. The van der Waals surface area contributed by atoms with Crippen LogP contribution in [-0.2, 0) is 30.3 Å². The molecule has 39 heavy (non-hydrogen) atoms. The summed E-state index contributed by atoms with van der Waals surface area (Å²) >= 11 is 0. The number of nitrogens with one attached hydrogen (secondary N) is 1. The van der Waals surface area contributed by atoms with Crippen LogP contribution < -0.4 is 22.5 Å². The van der Waals surface area contributed by atoms with Gasteiger partial charge < -0.3 is 37.1 Å². The number of aliphatic hydroxyl groups excluding tert-OH is 1. The van der Waals surface area contributed by atoms with Crippen LogP contribution in [0.3, 0.4) is 0 Å². The van der Waals surface area contributed by atoms with Gasteiger partial charge in [-0.25, -0.2) is 4.99 Å². The van der Waals surface area contributed by atoms with E-state index in [9.17, 15) is 19.5 Å². The molecule has 1 amide bonds. The van der Waals surface area contributed by atoms with Gasteiger partial charge in [-0.2, -0.15) is 0 Å². The van der Waals surface area contributed by atoms with Crippen LogP contribution in [0, 0.1) is 23.7 Å². The Morgan fingerprint density at radius 3 is 2.23 bits per heavy atom. The number of aliphatic imine (C=N–C) groups is 1. The largest absolute Gasteiger partial charge is 0.424 e. The van der Waals surface area contributed by atoms with Gasteiger partial charge in [0.15, 0.2) is 5.96 Å². The second-order valence-corrected chi connectivity index (χ2v) is 10.6. The lowest BCUT2D eigenvalue weighted by Crippen LogP contribution is -2.51. The number of amides is 1. The van der Waals surface area contributed by atoms with Crippen molar-refractivity contribution in [2.45, 2.75) is 90.8 Å². The van der Waals surface area contributed by atoms with E-state index in [4.69, 9.17) is 26.7 Å². The summed E-state index contributed by atoms with van der Waals surface area (Å²) in [7, 11) is 0. The van der Waals surface area contributed by atoms with E-state index in [0.29, 0.717) is 0 Å². The fourth-order valence-electron chi connectivity index (χ4n) is 5.24. The second-order valence-electron chi connectivity index (χ2n) is 10.6. The molecule has 1 fully saturated rings. The van der Waals surface area contributed by atoms with E-state index in [-0.39, 0.29) is 36.5 Å². The highest BCUT2D eigenvalue weighted by Crippen LogP contribution is 2.40. The van der Waals surface area contributed by atoms with Crippen LogP contribution in [0.15, 0.2) is 35.3 Å². The minimum atomic E-state index is -1.25. The topological polar surface area (TPSA) is 192 Å². The molecule has 11 nitrogen and oxygen atoms in total. The van der Waals surface area contributed by atoms with Crippen LogP contribution in [-0.4, -0.2) is 59.4 Å². The molecule has 0 saturated heterocycles. The number of nitrogens with two attached hydrogens (primary N) is 3. The van der Waals surface area contributed by atoms with E-state index in [1.807, 2.05) is 44.2 Å². The second kappa shape index (κ2) is 14.8. The number of carbonyl (C=O) groups is 3. The van der Waals surface area contributed by atoms with Gasteiger partial charge in [0.2, 0.25) is 5.91 Å². The van der Waals surface area contributed by atoms with Gasteiger partial charge >= 0.3 is 11.9 Å². The number of aliphatic hydroxyl groups is 1. The number of hydrogen-bond acceptors (Lipinski definition) is 8. The van der Waals surface area contributed by atoms with Crippen LogP contribution in [0.1, 0.15) is 59.4 Å². The first-order valence-electron chi connectivity index (χ1n) is 13.6. The number of carbonyl (C=O) groups excluding carboxylic acids is 3. The molecule has 1 saturated carbocycles. The number of guanidine groups is 1. The number of ether oxygens (including phenoxy) is 2. The monoisotopic (exact) mass is 547 g/mol. The van der Waals surface area contributed by atoms with Crippen molar-refractivity contribution in [1.29, 1.82) is 0 Å². The molecule has 218 valence electrons. The van der Waals surface area contributed by atoms with Crippen molar-refractivity contribution in [3.8, 4) is 0 Å². The molecule has 0 aliphatic heterocycles. The van der Waals surface area contributed by atoms with Crippen molar-refractivity contribution in [2.75, 3.05) is 0 Å². The molecule has 2 rings (SSSR count). The molecule has 7 unspecified atom stereocenters. The van der Waals surface area contributed by atoms with Crippen LogP contribution in [0.4, 0.5) is 0 Å². The average Bonchev–Trinajstić information content (AvgIpc) is 3.18. The number of esters is 2. The molecule has 11 heteroatoms. The Bertz CT molecular complexity index is 980. The molecular formula is C28H45N5O6. The quantitative estimate of drug-likeness (QED) is 0.104. The van der Waals surface area contributed by atoms with E-state index in [0.717, 1.165) is 18.4 Å². The predicted molar refractivity (Wildman–Crippen MR) is 148 cm³/mol. The number of hydrogen-bond donors (Lipinski definition) is 5. The molecule has 7 atom stereocenters. The molecule has 8 N–H and O–H groups in total. The van der Waals surface area contributed by atoms with Crippen LogP contribution >= 0.6 is 0 Å². The van der Waals surface area contributed by atoms with Crippen molar-refractivity contribution < 1.29 is 29.0 Å². The summed E-state index contributed by atoms with van der Waals surface area (Å²) in [6.45, 7) is 8.97. The van der Waals surface area contributed by atoms with Crippen LogP contribution in [0.5, 0.6) is 0 Å². The summed E-state index contributed by atoms with van der Waals surface area (Å²) in [5.41, 5.74) is 18.1. The zero-order valence-corrected chi connectivity index (χ0v) is 23.6. The van der Waals surface area contributed by atoms with Gasteiger partial charge in [-0.15, -0.1) is 0 Å². The highest BCUT2D eigenvalue weighted by molar-refractivity contribution is 5.78. The highest BCUT2D eigenvalue weighted by atomic mass is 16.7. The van der Waals surface area contributed by atoms with Crippen molar-refractivity contribution >= 4 is 23.8 Å². The molecule has 1 aromatic rings. The first kappa shape index (κ1) is 32.0. The molecule has 0 aromatic heterocycles. The summed E-state index contributed by atoms with van der Waals surface area (Å²) in [4.78, 5) is 42.5. The van der Waals surface area contributed by atoms with Crippen molar-refractivity contribution in [1.82, 2.24) is 5.32 Å². The zero-order chi connectivity index (χ0) is 29.3. The van der Waals surface area contributed by atoms with E-state index in [1.165, 1.54) is 6.92 Å². The Balaban J connectivity index is 2.35. The summed E-state index contributed by atoms with van der Waals surface area (Å²) in [5, 5.41) is 14.4. The maximum absolute atomic E-state index is 13.5. The molecule has 1 aliphatic carbocycles. The van der Waals surface area contributed by atoms with Crippen LogP contribution in [0.25, 0.3) is 0 Å². The lowest BCUT2D eigenvalue weighted by molar-refractivity contribution is -0.193. The van der Waals surface area contributed by atoms with E-state index >= 15 is 0 Å². The standard InChI is InChI=1S/C28H45N5O6/c1-6-18(7-2)24(32-16(5)34)22-20(33-28(30)31)14-19(25(22)35)26(36)38-21(13-17-11-9-8-10-12-17)39-27(37)23(29)15(3)4/h8-12,15,18-25,35H,6-7,13-14,29H2,1-5H3,(H,32,34)(H4,30,31,33). The lowest BCUT2D eigenvalue weighted by atomic mass is 9.80. The molecule has 1 aromatic carbocycles. The van der Waals surface area contributed by atoms with Crippen molar-refractivity contribution in [2.24, 2.45) is 45.9 Å². The normalized spacial score (nSPS) is 23.1. The van der Waals surface area contributed by atoms with Gasteiger partial charge in [-0.3, -0.25) is 14.4 Å². The van der Waals surface area contributed by atoms with E-state index in [2.05, 4.69) is 10.3 Å². The van der Waals surface area contributed by atoms with E-state index in [1.54, 1.807) is 13.8 Å². The van der Waals surface area contributed by atoms with Gasteiger partial charge in [0.1, 0.15) is 6.04 Å². The van der Waals surface area contributed by atoms with Gasteiger partial charge in [0.05, 0.1) is 18.1 Å².